The first-order valence-electron chi connectivity index (χ1n) is 9.92. The van der Waals surface area contributed by atoms with Crippen LogP contribution in [0, 0.1) is 0 Å². The zero-order valence-electron chi connectivity index (χ0n) is 16.9. The Labute approximate surface area is 167 Å². The van der Waals surface area contributed by atoms with Crippen LogP contribution in [0.1, 0.15) is 30.4 Å². The molecular formula is C23H31NO4. The average molecular weight is 386 g/mol. The number of nitrogens with two attached hydrogens (primary N) is 1. The van der Waals surface area contributed by atoms with E-state index in [-0.39, 0.29) is 6.04 Å². The quantitative estimate of drug-likeness (QED) is 0.675. The van der Waals surface area contributed by atoms with Gasteiger partial charge in [0.25, 0.3) is 0 Å². The van der Waals surface area contributed by atoms with Gasteiger partial charge in [0, 0.05) is 18.9 Å². The second kappa shape index (κ2) is 9.92. The smallest absolute Gasteiger partial charge is 0.168 e. The third kappa shape index (κ3) is 5.47. The van der Waals surface area contributed by atoms with E-state index in [0.29, 0.717) is 13.2 Å². The van der Waals surface area contributed by atoms with Crippen molar-refractivity contribution in [3.8, 4) is 11.5 Å². The van der Waals surface area contributed by atoms with E-state index in [4.69, 9.17) is 24.7 Å². The fourth-order valence-corrected chi connectivity index (χ4v) is 3.71. The molecule has 152 valence electrons. The molecule has 2 aromatic rings. The van der Waals surface area contributed by atoms with Crippen molar-refractivity contribution in [2.24, 2.45) is 5.73 Å². The molecule has 1 saturated heterocycles. The number of hydrogen-bond donors (Lipinski definition) is 1. The molecule has 1 aliphatic heterocycles. The van der Waals surface area contributed by atoms with E-state index in [9.17, 15) is 0 Å². The van der Waals surface area contributed by atoms with Crippen molar-refractivity contribution in [1.29, 1.82) is 0 Å². The third-order valence-electron chi connectivity index (χ3n) is 5.29. The molecule has 1 unspecified atom stereocenters. The lowest BCUT2D eigenvalue weighted by Gasteiger charge is -2.29. The van der Waals surface area contributed by atoms with Crippen LogP contribution >= 0.6 is 0 Å². The van der Waals surface area contributed by atoms with E-state index in [1.807, 2.05) is 24.3 Å². The summed E-state index contributed by atoms with van der Waals surface area (Å²) < 4.78 is 22.7. The van der Waals surface area contributed by atoms with Crippen molar-refractivity contribution in [3.63, 3.8) is 0 Å². The molecule has 5 nitrogen and oxygen atoms in total. The molecule has 5 heteroatoms. The highest BCUT2D eigenvalue weighted by atomic mass is 16.7. The van der Waals surface area contributed by atoms with Crippen molar-refractivity contribution >= 4 is 0 Å². The van der Waals surface area contributed by atoms with Crippen molar-refractivity contribution in [1.82, 2.24) is 0 Å². The first kappa shape index (κ1) is 20.6. The summed E-state index contributed by atoms with van der Waals surface area (Å²) in [7, 11) is 3.28. The molecule has 2 aromatic carbocycles. The summed E-state index contributed by atoms with van der Waals surface area (Å²) in [6, 6.07) is 16.4. The van der Waals surface area contributed by atoms with Gasteiger partial charge in [-0.25, -0.2) is 0 Å². The highest BCUT2D eigenvalue weighted by molar-refractivity contribution is 5.43. The Hall–Kier alpha value is -2.08. The van der Waals surface area contributed by atoms with Gasteiger partial charge in [0.1, 0.15) is 0 Å². The largest absolute Gasteiger partial charge is 0.493 e. The van der Waals surface area contributed by atoms with Gasteiger partial charge in [0.15, 0.2) is 17.3 Å². The zero-order valence-corrected chi connectivity index (χ0v) is 16.9. The lowest BCUT2D eigenvalue weighted by Crippen LogP contribution is -2.34. The molecule has 0 aromatic heterocycles. The molecule has 0 spiro atoms. The van der Waals surface area contributed by atoms with Gasteiger partial charge in [-0.05, 0) is 42.5 Å². The van der Waals surface area contributed by atoms with Crippen LogP contribution in [0.5, 0.6) is 11.5 Å². The highest BCUT2D eigenvalue weighted by Gasteiger charge is 2.36. The van der Waals surface area contributed by atoms with Crippen LogP contribution in [0.3, 0.4) is 0 Å². The second-order valence-corrected chi connectivity index (χ2v) is 7.29. The van der Waals surface area contributed by atoms with Gasteiger partial charge in [-0.3, -0.25) is 0 Å². The van der Waals surface area contributed by atoms with E-state index in [1.54, 1.807) is 14.2 Å². The minimum Gasteiger partial charge on any atom is -0.493 e. The summed E-state index contributed by atoms with van der Waals surface area (Å²) in [6.45, 7) is 1.30. The molecule has 1 atom stereocenters. The van der Waals surface area contributed by atoms with E-state index in [2.05, 4.69) is 24.3 Å². The van der Waals surface area contributed by atoms with Gasteiger partial charge in [-0.15, -0.1) is 0 Å². The summed E-state index contributed by atoms with van der Waals surface area (Å²) in [5, 5.41) is 0. The van der Waals surface area contributed by atoms with E-state index >= 15 is 0 Å². The van der Waals surface area contributed by atoms with Crippen LogP contribution in [-0.2, 0) is 22.3 Å². The predicted octanol–water partition coefficient (Wildman–Crippen LogP) is 3.73. The molecule has 0 bridgehead atoms. The monoisotopic (exact) mass is 385 g/mol. The lowest BCUT2D eigenvalue weighted by molar-refractivity contribution is -0.167. The highest BCUT2D eigenvalue weighted by Crippen LogP contribution is 2.32. The SMILES string of the molecule is COc1ccc(CC(N)CCC2(CCc3ccccc3)OCCO2)cc1OC. The molecule has 0 radical (unpaired) electrons. The number of benzene rings is 2. The minimum absolute atomic E-state index is 0.0273. The Morgan fingerprint density at radius 2 is 1.64 bits per heavy atom. The molecule has 28 heavy (non-hydrogen) atoms. The summed E-state index contributed by atoms with van der Waals surface area (Å²) in [5.74, 6) is 0.951. The number of methoxy groups -OCH3 is 2. The lowest BCUT2D eigenvalue weighted by atomic mass is 9.95. The Kier molecular flexibility index (Phi) is 7.31. The van der Waals surface area contributed by atoms with Gasteiger partial charge in [0.05, 0.1) is 27.4 Å². The molecular weight excluding hydrogens is 354 g/mol. The summed E-state index contributed by atoms with van der Waals surface area (Å²) >= 11 is 0. The fourth-order valence-electron chi connectivity index (χ4n) is 3.71. The Balaban J connectivity index is 1.54. The molecule has 0 saturated carbocycles. The van der Waals surface area contributed by atoms with Crippen LogP contribution in [0.2, 0.25) is 0 Å². The normalized spacial score (nSPS) is 16.7. The Bertz CT molecular complexity index is 729. The van der Waals surface area contributed by atoms with Crippen LogP contribution in [0.25, 0.3) is 0 Å². The molecule has 1 heterocycles. The number of ether oxygens (including phenoxy) is 4. The maximum absolute atomic E-state index is 6.43. The van der Waals surface area contributed by atoms with E-state index in [1.165, 1.54) is 5.56 Å². The van der Waals surface area contributed by atoms with Crippen molar-refractivity contribution in [2.75, 3.05) is 27.4 Å². The number of hydrogen-bond acceptors (Lipinski definition) is 5. The average Bonchev–Trinajstić information content (AvgIpc) is 3.21. The molecule has 1 fully saturated rings. The molecule has 2 N–H and O–H groups in total. The summed E-state index contributed by atoms with van der Waals surface area (Å²) in [6.07, 6.45) is 4.19. The van der Waals surface area contributed by atoms with Gasteiger partial charge >= 0.3 is 0 Å². The van der Waals surface area contributed by atoms with Crippen molar-refractivity contribution in [3.05, 3.63) is 59.7 Å². The maximum atomic E-state index is 6.43. The van der Waals surface area contributed by atoms with E-state index in [0.717, 1.165) is 49.2 Å². The standard InChI is InChI=1S/C23H31NO4/c1-25-21-9-8-19(17-22(21)26-2)16-20(24)11-13-23(27-14-15-28-23)12-10-18-6-4-3-5-7-18/h3-9,17,20H,10-16,24H2,1-2H3. The van der Waals surface area contributed by atoms with Crippen LogP contribution in [0.15, 0.2) is 48.5 Å². The van der Waals surface area contributed by atoms with Gasteiger partial charge < -0.3 is 24.7 Å². The maximum Gasteiger partial charge on any atom is 0.168 e. The zero-order chi connectivity index (χ0) is 19.8. The second-order valence-electron chi connectivity index (χ2n) is 7.29. The first-order valence-corrected chi connectivity index (χ1v) is 9.92. The molecule has 0 amide bonds. The summed E-state index contributed by atoms with van der Waals surface area (Å²) in [5.41, 5.74) is 8.87. The topological polar surface area (TPSA) is 62.9 Å². The fraction of sp³-hybridized carbons (Fsp3) is 0.478. The third-order valence-corrected chi connectivity index (χ3v) is 5.29. The van der Waals surface area contributed by atoms with Gasteiger partial charge in [0.2, 0.25) is 0 Å². The van der Waals surface area contributed by atoms with Crippen LogP contribution in [0.4, 0.5) is 0 Å². The Morgan fingerprint density at radius 3 is 2.32 bits per heavy atom. The molecule has 3 rings (SSSR count). The van der Waals surface area contributed by atoms with Crippen molar-refractivity contribution in [2.45, 2.75) is 43.9 Å². The van der Waals surface area contributed by atoms with Gasteiger partial charge in [-0.2, -0.15) is 0 Å². The first-order chi connectivity index (χ1) is 13.6. The predicted molar refractivity (Wildman–Crippen MR) is 110 cm³/mol. The molecule has 1 aliphatic rings. The van der Waals surface area contributed by atoms with E-state index < -0.39 is 5.79 Å². The molecule has 0 aliphatic carbocycles. The van der Waals surface area contributed by atoms with Crippen molar-refractivity contribution < 1.29 is 18.9 Å². The number of aryl methyl sites for hydroxylation is 1. The van der Waals surface area contributed by atoms with Gasteiger partial charge in [-0.1, -0.05) is 36.4 Å². The van der Waals surface area contributed by atoms with Crippen LogP contribution < -0.4 is 15.2 Å². The Morgan fingerprint density at radius 1 is 0.929 bits per heavy atom. The van der Waals surface area contributed by atoms with Crippen LogP contribution in [-0.4, -0.2) is 39.3 Å². The minimum atomic E-state index is -0.509. The summed E-state index contributed by atoms with van der Waals surface area (Å²) in [4.78, 5) is 0. The number of rotatable bonds is 10.